The van der Waals surface area contributed by atoms with E-state index >= 15 is 0 Å². The summed E-state index contributed by atoms with van der Waals surface area (Å²) in [6, 6.07) is 7.32. The van der Waals surface area contributed by atoms with Gasteiger partial charge in [0.2, 0.25) is 10.0 Å². The van der Waals surface area contributed by atoms with Crippen molar-refractivity contribution in [2.75, 3.05) is 40.0 Å². The van der Waals surface area contributed by atoms with E-state index in [-0.39, 0.29) is 18.7 Å². The molecule has 1 saturated heterocycles. The fourth-order valence-corrected chi connectivity index (χ4v) is 4.26. The van der Waals surface area contributed by atoms with Gasteiger partial charge in [0, 0.05) is 31.7 Å². The zero-order valence-corrected chi connectivity index (χ0v) is 16.5. The number of hydrogen-bond donors (Lipinski definition) is 1. The van der Waals surface area contributed by atoms with Gasteiger partial charge in [-0.15, -0.1) is 0 Å². The van der Waals surface area contributed by atoms with Crippen LogP contribution in [0.5, 0.6) is 5.75 Å². The Hall–Kier alpha value is -2.14. The lowest BCUT2D eigenvalue weighted by atomic mass is 10.0. The normalized spacial score (nSPS) is 16.6. The molecule has 0 spiro atoms. The van der Waals surface area contributed by atoms with Gasteiger partial charge in [-0.2, -0.15) is 0 Å². The van der Waals surface area contributed by atoms with Gasteiger partial charge in [-0.25, -0.2) is 26.3 Å². The van der Waals surface area contributed by atoms with Crippen molar-refractivity contribution < 1.29 is 31.1 Å². The van der Waals surface area contributed by atoms with Crippen molar-refractivity contribution in [2.24, 2.45) is 0 Å². The van der Waals surface area contributed by atoms with E-state index in [1.807, 2.05) is 17.0 Å². The number of morpholine rings is 1. The third kappa shape index (κ3) is 5.08. The van der Waals surface area contributed by atoms with Gasteiger partial charge in [-0.1, -0.05) is 12.1 Å². The van der Waals surface area contributed by atoms with Gasteiger partial charge in [-0.3, -0.25) is 4.90 Å². The van der Waals surface area contributed by atoms with Crippen LogP contribution in [0.4, 0.5) is 13.2 Å². The molecule has 1 unspecified atom stereocenters. The first-order valence-electron chi connectivity index (χ1n) is 8.92. The number of halogens is 3. The quantitative estimate of drug-likeness (QED) is 0.684. The number of benzene rings is 2. The van der Waals surface area contributed by atoms with Gasteiger partial charge < -0.3 is 9.47 Å². The molecule has 1 aliphatic heterocycles. The molecule has 2 aromatic carbocycles. The van der Waals surface area contributed by atoms with Crippen LogP contribution < -0.4 is 9.46 Å². The lowest BCUT2D eigenvalue weighted by Gasteiger charge is -2.35. The molecule has 2 aromatic rings. The van der Waals surface area contributed by atoms with Crippen molar-refractivity contribution in [3.8, 4) is 5.75 Å². The summed E-state index contributed by atoms with van der Waals surface area (Å²) in [5.41, 5.74) is 0.821. The molecule has 1 N–H and O–H groups in total. The summed E-state index contributed by atoms with van der Waals surface area (Å²) in [6.07, 6.45) is 0. The van der Waals surface area contributed by atoms with Crippen LogP contribution in [0.3, 0.4) is 0 Å². The van der Waals surface area contributed by atoms with Crippen molar-refractivity contribution in [1.82, 2.24) is 9.62 Å². The smallest absolute Gasteiger partial charge is 0.243 e. The van der Waals surface area contributed by atoms with E-state index in [0.29, 0.717) is 38.1 Å². The molecule has 0 aliphatic carbocycles. The Morgan fingerprint density at radius 2 is 1.69 bits per heavy atom. The lowest BCUT2D eigenvalue weighted by Crippen LogP contribution is -2.43. The minimum absolute atomic E-state index is 0.0902. The maximum Gasteiger partial charge on any atom is 0.243 e. The Kier molecular flexibility index (Phi) is 6.78. The van der Waals surface area contributed by atoms with Crippen LogP contribution in [-0.4, -0.2) is 53.3 Å². The van der Waals surface area contributed by atoms with Crippen molar-refractivity contribution in [1.29, 1.82) is 0 Å². The predicted molar refractivity (Wildman–Crippen MR) is 99.6 cm³/mol. The number of ether oxygens (including phenoxy) is 2. The number of nitrogens with zero attached hydrogens (tertiary/aromatic N) is 1. The summed E-state index contributed by atoms with van der Waals surface area (Å²) < 4.78 is 78.4. The van der Waals surface area contributed by atoms with Crippen molar-refractivity contribution in [3.05, 3.63) is 59.4 Å². The van der Waals surface area contributed by atoms with Gasteiger partial charge in [0.15, 0.2) is 11.6 Å². The zero-order chi connectivity index (χ0) is 21.0. The minimum Gasteiger partial charge on any atom is -0.497 e. The van der Waals surface area contributed by atoms with Crippen LogP contribution in [0.2, 0.25) is 0 Å². The highest BCUT2D eigenvalue weighted by molar-refractivity contribution is 7.89. The van der Waals surface area contributed by atoms with Gasteiger partial charge >= 0.3 is 0 Å². The summed E-state index contributed by atoms with van der Waals surface area (Å²) in [5, 5.41) is 0. The predicted octanol–water partition coefficient (Wildman–Crippen LogP) is 2.46. The molecule has 0 bridgehead atoms. The second-order valence-corrected chi connectivity index (χ2v) is 8.22. The molecular formula is C19H21F3N2O4S. The number of methoxy groups -OCH3 is 1. The van der Waals surface area contributed by atoms with E-state index in [9.17, 15) is 21.6 Å². The molecule has 0 amide bonds. The molecule has 158 valence electrons. The molecule has 1 heterocycles. The molecule has 0 aromatic heterocycles. The summed E-state index contributed by atoms with van der Waals surface area (Å²) in [6.45, 7) is 2.07. The maximum atomic E-state index is 13.9. The van der Waals surface area contributed by atoms with Crippen LogP contribution >= 0.6 is 0 Å². The highest BCUT2D eigenvalue weighted by Gasteiger charge is 2.27. The van der Waals surface area contributed by atoms with E-state index in [0.717, 1.165) is 5.56 Å². The molecule has 29 heavy (non-hydrogen) atoms. The van der Waals surface area contributed by atoms with Crippen LogP contribution in [0.1, 0.15) is 11.6 Å². The van der Waals surface area contributed by atoms with Crippen LogP contribution in [0.25, 0.3) is 0 Å². The average molecular weight is 430 g/mol. The molecule has 0 saturated carbocycles. The maximum absolute atomic E-state index is 13.9. The van der Waals surface area contributed by atoms with Crippen LogP contribution in [0, 0.1) is 17.5 Å². The Morgan fingerprint density at radius 3 is 2.31 bits per heavy atom. The molecule has 6 nitrogen and oxygen atoms in total. The van der Waals surface area contributed by atoms with Gasteiger partial charge in [0.25, 0.3) is 0 Å². The lowest BCUT2D eigenvalue weighted by molar-refractivity contribution is 0.0172. The van der Waals surface area contributed by atoms with Crippen LogP contribution in [-0.2, 0) is 14.8 Å². The fraction of sp³-hybridized carbons (Fsp3) is 0.368. The average Bonchev–Trinajstić information content (AvgIpc) is 2.72. The third-order valence-corrected chi connectivity index (χ3v) is 6.16. The van der Waals surface area contributed by atoms with Crippen LogP contribution in [0.15, 0.2) is 41.3 Å². The second kappa shape index (κ2) is 9.12. The Bertz CT molecular complexity index is 949. The topological polar surface area (TPSA) is 67.9 Å². The fourth-order valence-electron chi connectivity index (χ4n) is 3.15. The monoisotopic (exact) mass is 430 g/mol. The second-order valence-electron chi connectivity index (χ2n) is 6.49. The first kappa shape index (κ1) is 21.6. The largest absolute Gasteiger partial charge is 0.497 e. The molecule has 1 atom stereocenters. The highest BCUT2D eigenvalue weighted by atomic mass is 32.2. The summed E-state index contributed by atoms with van der Waals surface area (Å²) in [7, 11) is -2.86. The standard InChI is InChI=1S/C19H21F3N2O4S/c1-27-14-4-2-13(3-5-14)18(24-6-8-28-9-7-24)12-23-29(25,26)19-11-16(21)15(20)10-17(19)22/h2-5,10-11,18,23H,6-9,12H2,1H3. The van der Waals surface area contributed by atoms with Gasteiger partial charge in [-0.05, 0) is 23.8 Å². The van der Waals surface area contributed by atoms with E-state index in [2.05, 4.69) is 4.72 Å². The minimum atomic E-state index is -4.40. The molecule has 0 radical (unpaired) electrons. The zero-order valence-electron chi connectivity index (χ0n) is 15.7. The number of rotatable bonds is 7. The molecule has 1 aliphatic rings. The van der Waals surface area contributed by atoms with E-state index in [4.69, 9.17) is 9.47 Å². The molecular weight excluding hydrogens is 409 g/mol. The van der Waals surface area contributed by atoms with Crippen molar-refractivity contribution in [3.63, 3.8) is 0 Å². The molecule has 10 heteroatoms. The van der Waals surface area contributed by atoms with E-state index < -0.39 is 32.4 Å². The third-order valence-electron chi connectivity index (χ3n) is 4.72. The first-order chi connectivity index (χ1) is 13.8. The van der Waals surface area contributed by atoms with Gasteiger partial charge in [0.1, 0.15) is 16.5 Å². The number of hydrogen-bond acceptors (Lipinski definition) is 5. The molecule has 1 fully saturated rings. The number of sulfonamides is 1. The molecule has 3 rings (SSSR count). The summed E-state index contributed by atoms with van der Waals surface area (Å²) >= 11 is 0. The number of nitrogens with one attached hydrogen (secondary N) is 1. The Balaban J connectivity index is 1.84. The van der Waals surface area contributed by atoms with Crippen molar-refractivity contribution in [2.45, 2.75) is 10.9 Å². The van der Waals surface area contributed by atoms with E-state index in [1.165, 1.54) is 0 Å². The Morgan fingerprint density at radius 1 is 1.07 bits per heavy atom. The van der Waals surface area contributed by atoms with E-state index in [1.54, 1.807) is 19.2 Å². The van der Waals surface area contributed by atoms with Gasteiger partial charge in [0.05, 0.1) is 20.3 Å². The highest BCUT2D eigenvalue weighted by Crippen LogP contribution is 2.25. The summed E-state index contributed by atoms with van der Waals surface area (Å²) in [4.78, 5) is 1.10. The summed E-state index contributed by atoms with van der Waals surface area (Å²) in [5.74, 6) is -3.60. The van der Waals surface area contributed by atoms with Crippen molar-refractivity contribution >= 4 is 10.0 Å². The first-order valence-corrected chi connectivity index (χ1v) is 10.4. The SMILES string of the molecule is COc1ccc(C(CNS(=O)(=O)c2cc(F)c(F)cc2F)N2CCOCC2)cc1. The Labute approximate surface area is 167 Å².